The Kier molecular flexibility index (Phi) is 4.07. The number of rotatable bonds is 2. The summed E-state index contributed by atoms with van der Waals surface area (Å²) in [7, 11) is 0. The minimum absolute atomic E-state index is 0.0413. The molecule has 0 spiro atoms. The quantitative estimate of drug-likeness (QED) is 0.359. The van der Waals surface area contributed by atoms with E-state index in [0.29, 0.717) is 5.69 Å². The highest BCUT2D eigenvalue weighted by Gasteiger charge is 2.37. The Balaban J connectivity index is 2.11. The molecule has 3 rings (SSSR count). The summed E-state index contributed by atoms with van der Waals surface area (Å²) in [6.07, 6.45) is 2.76. The van der Waals surface area contributed by atoms with E-state index in [1.54, 1.807) is 18.2 Å². The highest BCUT2D eigenvalue weighted by molar-refractivity contribution is 6.32. The minimum atomic E-state index is -2.31. The van der Waals surface area contributed by atoms with Crippen molar-refractivity contribution in [2.24, 2.45) is 5.10 Å². The summed E-state index contributed by atoms with van der Waals surface area (Å²) in [4.78, 5) is 16.3. The predicted octanol–water partition coefficient (Wildman–Crippen LogP) is 3.58. The van der Waals surface area contributed by atoms with E-state index in [1.165, 1.54) is 19.2 Å². The van der Waals surface area contributed by atoms with Crippen LogP contribution in [0.3, 0.4) is 0 Å². The molecule has 0 fully saturated rings. The molecule has 0 saturated carbocycles. The van der Waals surface area contributed by atoms with Crippen LogP contribution >= 0.6 is 0 Å². The van der Waals surface area contributed by atoms with Gasteiger partial charge in [0, 0.05) is 6.20 Å². The van der Waals surface area contributed by atoms with E-state index in [2.05, 4.69) is 10.1 Å². The first-order valence-corrected chi connectivity index (χ1v) is 6.87. The molecular weight excluding hydrogens is 345 g/mol. The molecule has 0 saturated heterocycles. The van der Waals surface area contributed by atoms with Gasteiger partial charge in [0.15, 0.2) is 23.3 Å². The summed E-state index contributed by atoms with van der Waals surface area (Å²) >= 11 is 0. The van der Waals surface area contributed by atoms with Crippen molar-refractivity contribution in [2.75, 3.05) is 5.01 Å². The monoisotopic (exact) mass is 353 g/mol. The summed E-state index contributed by atoms with van der Waals surface area (Å²) < 4.78 is 67.6. The average molecular weight is 353 g/mol. The zero-order valence-electron chi connectivity index (χ0n) is 12.5. The van der Waals surface area contributed by atoms with Crippen LogP contribution in [0.2, 0.25) is 0 Å². The van der Waals surface area contributed by atoms with Crippen LogP contribution in [-0.2, 0) is 4.79 Å². The number of anilines is 1. The first-order chi connectivity index (χ1) is 11.8. The van der Waals surface area contributed by atoms with Crippen LogP contribution in [-0.4, -0.2) is 16.6 Å². The Bertz CT molecular complexity index is 912. The maximum Gasteiger partial charge on any atom is 0.280 e. The molecule has 1 amide bonds. The summed E-state index contributed by atoms with van der Waals surface area (Å²) in [5.41, 5.74) is -1.10. The molecule has 4 nitrogen and oxygen atoms in total. The van der Waals surface area contributed by atoms with Crippen molar-refractivity contribution in [1.82, 2.24) is 4.98 Å². The molecule has 9 heteroatoms. The second kappa shape index (κ2) is 6.08. The number of hydrogen-bond acceptors (Lipinski definition) is 3. The molecule has 1 aromatic heterocycles. The van der Waals surface area contributed by atoms with E-state index < -0.39 is 40.7 Å². The van der Waals surface area contributed by atoms with Gasteiger partial charge < -0.3 is 0 Å². The second-order valence-corrected chi connectivity index (χ2v) is 5.03. The molecule has 0 N–H and O–H groups in total. The van der Waals surface area contributed by atoms with Crippen molar-refractivity contribution in [3.05, 3.63) is 64.7 Å². The molecule has 0 bridgehead atoms. The van der Waals surface area contributed by atoms with E-state index in [-0.39, 0.29) is 16.3 Å². The number of benzene rings is 1. The van der Waals surface area contributed by atoms with E-state index in [1.807, 2.05) is 0 Å². The molecule has 0 atom stereocenters. The third kappa shape index (κ3) is 2.67. The Morgan fingerprint density at radius 1 is 0.960 bits per heavy atom. The molecule has 0 aliphatic carbocycles. The Labute approximate surface area is 137 Å². The average Bonchev–Trinajstić information content (AvgIpc) is 2.87. The minimum Gasteiger partial charge on any atom is -0.267 e. The number of halogens is 5. The molecule has 0 radical (unpaired) electrons. The Hall–Kier alpha value is -3.10. The smallest absolute Gasteiger partial charge is 0.267 e. The first-order valence-electron chi connectivity index (χ1n) is 6.87. The van der Waals surface area contributed by atoms with Gasteiger partial charge in [-0.3, -0.25) is 9.78 Å². The summed E-state index contributed by atoms with van der Waals surface area (Å²) in [5, 5.41) is 3.77. The van der Waals surface area contributed by atoms with Crippen molar-refractivity contribution in [2.45, 2.75) is 6.92 Å². The van der Waals surface area contributed by atoms with Crippen LogP contribution in [0.5, 0.6) is 0 Å². The number of aromatic nitrogens is 1. The zero-order valence-corrected chi connectivity index (χ0v) is 12.5. The lowest BCUT2D eigenvalue weighted by Gasteiger charge is -2.15. The number of carbonyl (C=O) groups excluding carboxylic acids is 1. The number of pyridine rings is 1. The standard InChI is InChI=1S/C16H8F5N3O/c1-7-9(6-8-4-2-3-5-22-8)16(25)24(23-7)15-13(20)11(18)10(17)12(19)14(15)21/h2-6H,1H3/b9-6+. The van der Waals surface area contributed by atoms with Crippen LogP contribution < -0.4 is 5.01 Å². The molecule has 1 aliphatic heterocycles. The highest BCUT2D eigenvalue weighted by atomic mass is 19.2. The molecule has 2 aromatic rings. The van der Waals surface area contributed by atoms with Crippen molar-refractivity contribution in [3.63, 3.8) is 0 Å². The van der Waals surface area contributed by atoms with Gasteiger partial charge in [-0.05, 0) is 25.1 Å². The van der Waals surface area contributed by atoms with Crippen LogP contribution in [0.25, 0.3) is 6.08 Å². The zero-order chi connectivity index (χ0) is 18.3. The normalized spacial score (nSPS) is 15.9. The SMILES string of the molecule is CC1=NN(c2c(F)c(F)c(F)c(F)c2F)C(=O)/C1=C/c1ccccn1. The Morgan fingerprint density at radius 3 is 2.12 bits per heavy atom. The third-order valence-electron chi connectivity index (χ3n) is 3.44. The van der Waals surface area contributed by atoms with Crippen molar-refractivity contribution in [1.29, 1.82) is 0 Å². The molecular formula is C16H8F5N3O. The van der Waals surface area contributed by atoms with E-state index in [9.17, 15) is 26.7 Å². The van der Waals surface area contributed by atoms with E-state index >= 15 is 0 Å². The summed E-state index contributed by atoms with van der Waals surface area (Å²) in [6.45, 7) is 1.36. The molecule has 1 aliphatic rings. The van der Waals surface area contributed by atoms with Gasteiger partial charge in [-0.1, -0.05) is 6.07 Å². The molecule has 0 unspecified atom stereocenters. The van der Waals surface area contributed by atoms with Gasteiger partial charge in [0.25, 0.3) is 5.91 Å². The van der Waals surface area contributed by atoms with E-state index in [4.69, 9.17) is 0 Å². The second-order valence-electron chi connectivity index (χ2n) is 5.03. The summed E-state index contributed by atoms with van der Waals surface area (Å²) in [5.74, 6) is -11.9. The third-order valence-corrected chi connectivity index (χ3v) is 3.44. The molecule has 128 valence electrons. The maximum atomic E-state index is 13.9. The van der Waals surface area contributed by atoms with Gasteiger partial charge >= 0.3 is 0 Å². The van der Waals surface area contributed by atoms with E-state index in [0.717, 1.165) is 0 Å². The van der Waals surface area contributed by atoms with Gasteiger partial charge in [0.05, 0.1) is 17.0 Å². The summed E-state index contributed by atoms with van der Waals surface area (Å²) in [6, 6.07) is 4.85. The number of hydrogen-bond donors (Lipinski definition) is 0. The number of nitrogens with zero attached hydrogens (tertiary/aromatic N) is 3. The van der Waals surface area contributed by atoms with Gasteiger partial charge in [-0.25, -0.2) is 22.0 Å². The fraction of sp³-hybridized carbons (Fsp3) is 0.0625. The van der Waals surface area contributed by atoms with Gasteiger partial charge in [0.2, 0.25) is 5.82 Å². The first kappa shape index (κ1) is 16.7. The fourth-order valence-corrected chi connectivity index (χ4v) is 2.22. The van der Waals surface area contributed by atoms with Crippen molar-refractivity contribution in [3.8, 4) is 0 Å². The largest absolute Gasteiger partial charge is 0.280 e. The predicted molar refractivity (Wildman–Crippen MR) is 79.0 cm³/mol. The number of amides is 1. The lowest BCUT2D eigenvalue weighted by molar-refractivity contribution is -0.114. The number of hydrazone groups is 1. The highest BCUT2D eigenvalue weighted by Crippen LogP contribution is 2.33. The van der Waals surface area contributed by atoms with Crippen molar-refractivity contribution >= 4 is 23.4 Å². The van der Waals surface area contributed by atoms with Crippen molar-refractivity contribution < 1.29 is 26.7 Å². The molecule has 2 heterocycles. The molecule has 1 aromatic carbocycles. The van der Waals surface area contributed by atoms with Crippen LogP contribution in [0.1, 0.15) is 12.6 Å². The van der Waals surface area contributed by atoms with Gasteiger partial charge in [-0.15, -0.1) is 0 Å². The van der Waals surface area contributed by atoms with Gasteiger partial charge in [0.1, 0.15) is 5.69 Å². The van der Waals surface area contributed by atoms with Crippen LogP contribution in [0.4, 0.5) is 27.6 Å². The Morgan fingerprint density at radius 2 is 1.56 bits per heavy atom. The maximum absolute atomic E-state index is 13.9. The topological polar surface area (TPSA) is 45.6 Å². The lowest BCUT2D eigenvalue weighted by atomic mass is 10.1. The lowest BCUT2D eigenvalue weighted by Crippen LogP contribution is -2.25. The molecule has 25 heavy (non-hydrogen) atoms. The van der Waals surface area contributed by atoms with Crippen LogP contribution in [0, 0.1) is 29.1 Å². The number of carbonyl (C=O) groups is 1. The fourth-order valence-electron chi connectivity index (χ4n) is 2.22. The van der Waals surface area contributed by atoms with Gasteiger partial charge in [-0.2, -0.15) is 10.1 Å². The van der Waals surface area contributed by atoms with Crippen LogP contribution in [0.15, 0.2) is 35.1 Å².